The number of sulfone groups is 1. The average molecular weight is 332 g/mol. The molecule has 2 N–H and O–H groups in total. The Balaban J connectivity index is 2.00. The molecule has 0 saturated carbocycles. The van der Waals surface area contributed by atoms with Crippen LogP contribution in [-0.4, -0.2) is 40.4 Å². The highest BCUT2D eigenvalue weighted by molar-refractivity contribution is 7.91. The maximum absolute atomic E-state index is 12.0. The van der Waals surface area contributed by atoms with Crippen LogP contribution in [0.5, 0.6) is 0 Å². The van der Waals surface area contributed by atoms with Gasteiger partial charge in [-0.05, 0) is 25.5 Å². The second-order valence-corrected chi connectivity index (χ2v) is 8.90. The lowest BCUT2D eigenvalue weighted by molar-refractivity contribution is 0.243. The molecule has 0 aromatic heterocycles. The molecule has 1 aliphatic rings. The van der Waals surface area contributed by atoms with Gasteiger partial charge in [-0.3, -0.25) is 0 Å². The first-order valence-electron chi connectivity index (χ1n) is 6.28. The summed E-state index contributed by atoms with van der Waals surface area (Å²) in [7, 11) is -7.09. The zero-order chi connectivity index (χ0) is 15.7. The lowest BCUT2D eigenvalue weighted by Crippen LogP contribution is -2.44. The Morgan fingerprint density at radius 2 is 1.86 bits per heavy atom. The molecule has 1 atom stereocenters. The Morgan fingerprint density at radius 3 is 2.38 bits per heavy atom. The number of carbonyl (C=O) groups is 1. The fourth-order valence-corrected chi connectivity index (χ4v) is 4.61. The minimum atomic E-state index is -3.96. The highest BCUT2D eigenvalue weighted by atomic mass is 32.2. The van der Waals surface area contributed by atoms with E-state index in [1.807, 2.05) is 11.6 Å². The van der Waals surface area contributed by atoms with Crippen molar-refractivity contribution in [1.29, 1.82) is 0 Å². The number of amides is 2. The van der Waals surface area contributed by atoms with Gasteiger partial charge in [0.1, 0.15) is 0 Å². The van der Waals surface area contributed by atoms with Crippen LogP contribution in [0.3, 0.4) is 0 Å². The fourth-order valence-electron chi connectivity index (χ4n) is 2.02. The fraction of sp³-hybridized carbons (Fsp3) is 0.417. The Labute approximate surface area is 123 Å². The summed E-state index contributed by atoms with van der Waals surface area (Å²) in [5, 5.41) is 2.36. The minimum absolute atomic E-state index is 0.00264. The predicted octanol–water partition coefficient (Wildman–Crippen LogP) is 0.170. The summed E-state index contributed by atoms with van der Waals surface area (Å²) in [6.45, 7) is 1.82. The van der Waals surface area contributed by atoms with Gasteiger partial charge in [-0.1, -0.05) is 17.7 Å². The van der Waals surface area contributed by atoms with Gasteiger partial charge in [-0.25, -0.2) is 26.4 Å². The first-order chi connectivity index (χ1) is 9.68. The summed E-state index contributed by atoms with van der Waals surface area (Å²) < 4.78 is 48.3. The Morgan fingerprint density at radius 1 is 1.24 bits per heavy atom. The van der Waals surface area contributed by atoms with Gasteiger partial charge in [-0.2, -0.15) is 0 Å². The van der Waals surface area contributed by atoms with E-state index in [9.17, 15) is 21.6 Å². The quantitative estimate of drug-likeness (QED) is 0.820. The molecule has 0 aliphatic carbocycles. The monoisotopic (exact) mass is 332 g/mol. The van der Waals surface area contributed by atoms with Crippen LogP contribution in [0.15, 0.2) is 29.2 Å². The van der Waals surface area contributed by atoms with Crippen LogP contribution < -0.4 is 10.0 Å². The number of carbonyl (C=O) groups excluding carboxylic acids is 1. The number of aryl methyl sites for hydroxylation is 1. The van der Waals surface area contributed by atoms with Crippen LogP contribution in [0.1, 0.15) is 12.0 Å². The van der Waals surface area contributed by atoms with Crippen molar-refractivity contribution in [2.75, 3.05) is 11.5 Å². The maximum atomic E-state index is 12.0. The summed E-state index contributed by atoms with van der Waals surface area (Å²) in [5.74, 6) is -0.159. The number of urea groups is 1. The molecule has 1 aliphatic heterocycles. The van der Waals surface area contributed by atoms with E-state index >= 15 is 0 Å². The normalized spacial score (nSPS) is 20.9. The van der Waals surface area contributed by atoms with Gasteiger partial charge in [0.05, 0.1) is 16.4 Å². The topological polar surface area (TPSA) is 109 Å². The van der Waals surface area contributed by atoms with E-state index in [2.05, 4.69) is 5.32 Å². The molecular weight excluding hydrogens is 316 g/mol. The van der Waals surface area contributed by atoms with Crippen molar-refractivity contribution < 1.29 is 21.6 Å². The van der Waals surface area contributed by atoms with Crippen molar-refractivity contribution in [3.63, 3.8) is 0 Å². The summed E-state index contributed by atoms with van der Waals surface area (Å²) in [6.07, 6.45) is 0.292. The highest BCUT2D eigenvalue weighted by Gasteiger charge is 2.29. The van der Waals surface area contributed by atoms with E-state index in [-0.39, 0.29) is 16.4 Å². The largest absolute Gasteiger partial charge is 0.334 e. The van der Waals surface area contributed by atoms with E-state index in [1.165, 1.54) is 12.1 Å². The third-order valence-electron chi connectivity index (χ3n) is 3.13. The minimum Gasteiger partial charge on any atom is -0.334 e. The highest BCUT2D eigenvalue weighted by Crippen LogP contribution is 2.12. The predicted molar refractivity (Wildman–Crippen MR) is 77.1 cm³/mol. The molecule has 7 nitrogen and oxygen atoms in total. The third-order valence-corrected chi connectivity index (χ3v) is 6.24. The molecule has 116 valence electrons. The lowest BCUT2D eigenvalue weighted by Gasteiger charge is -2.12. The molecule has 1 aromatic rings. The van der Waals surface area contributed by atoms with Crippen molar-refractivity contribution >= 4 is 25.9 Å². The smallest absolute Gasteiger partial charge is 0.328 e. The molecule has 1 aromatic carbocycles. The Hall–Kier alpha value is -1.61. The van der Waals surface area contributed by atoms with Gasteiger partial charge < -0.3 is 5.32 Å². The number of benzene rings is 1. The van der Waals surface area contributed by atoms with Crippen LogP contribution in [-0.2, 0) is 19.9 Å². The van der Waals surface area contributed by atoms with Crippen molar-refractivity contribution in [3.8, 4) is 0 Å². The molecule has 1 unspecified atom stereocenters. The number of sulfonamides is 1. The standard InChI is InChI=1S/C12H16N2O5S2/c1-9-2-4-11(5-3-9)21(18,19)14-12(15)13-10-6-7-20(16,17)8-10/h2-5,10H,6-8H2,1H3,(H2,13,14,15). The lowest BCUT2D eigenvalue weighted by atomic mass is 10.2. The molecule has 2 amide bonds. The van der Waals surface area contributed by atoms with E-state index in [1.54, 1.807) is 12.1 Å². The van der Waals surface area contributed by atoms with E-state index in [0.29, 0.717) is 6.42 Å². The van der Waals surface area contributed by atoms with Crippen molar-refractivity contribution in [2.45, 2.75) is 24.3 Å². The summed E-state index contributed by atoms with van der Waals surface area (Å²) in [6, 6.07) is 4.56. The molecular formula is C12H16N2O5S2. The first-order valence-corrected chi connectivity index (χ1v) is 9.59. The van der Waals surface area contributed by atoms with Gasteiger partial charge in [-0.15, -0.1) is 0 Å². The molecule has 0 spiro atoms. The molecule has 2 rings (SSSR count). The molecule has 0 bridgehead atoms. The van der Waals surface area contributed by atoms with Gasteiger partial charge in [0, 0.05) is 6.04 Å². The Bertz CT molecular complexity index is 738. The molecule has 1 fully saturated rings. The molecule has 21 heavy (non-hydrogen) atoms. The molecule has 1 heterocycles. The molecule has 1 saturated heterocycles. The van der Waals surface area contributed by atoms with E-state index < -0.39 is 31.9 Å². The second-order valence-electron chi connectivity index (χ2n) is 4.99. The number of rotatable bonds is 3. The zero-order valence-electron chi connectivity index (χ0n) is 11.4. The average Bonchev–Trinajstić information content (AvgIpc) is 2.68. The third kappa shape index (κ3) is 4.18. The summed E-state index contributed by atoms with van der Waals surface area (Å²) in [4.78, 5) is 11.6. The van der Waals surface area contributed by atoms with Crippen LogP contribution in [0, 0.1) is 6.92 Å². The van der Waals surface area contributed by atoms with Crippen molar-refractivity contribution in [1.82, 2.24) is 10.0 Å². The van der Waals surface area contributed by atoms with Crippen molar-refractivity contribution in [2.24, 2.45) is 0 Å². The Kier molecular flexibility index (Phi) is 4.24. The van der Waals surface area contributed by atoms with Crippen LogP contribution >= 0.6 is 0 Å². The second kappa shape index (κ2) is 5.64. The summed E-state index contributed by atoms with van der Waals surface area (Å²) in [5.41, 5.74) is 0.898. The maximum Gasteiger partial charge on any atom is 0.328 e. The van der Waals surface area contributed by atoms with Gasteiger partial charge in [0.15, 0.2) is 9.84 Å². The summed E-state index contributed by atoms with van der Waals surface area (Å²) >= 11 is 0. The van der Waals surface area contributed by atoms with Crippen LogP contribution in [0.25, 0.3) is 0 Å². The molecule has 0 radical (unpaired) electrons. The SMILES string of the molecule is Cc1ccc(S(=O)(=O)NC(=O)NC2CCS(=O)(=O)C2)cc1. The number of hydrogen-bond donors (Lipinski definition) is 2. The molecule has 9 heteroatoms. The zero-order valence-corrected chi connectivity index (χ0v) is 13.0. The number of hydrogen-bond acceptors (Lipinski definition) is 5. The van der Waals surface area contributed by atoms with Crippen LogP contribution in [0.2, 0.25) is 0 Å². The van der Waals surface area contributed by atoms with E-state index in [4.69, 9.17) is 0 Å². The van der Waals surface area contributed by atoms with Crippen LogP contribution in [0.4, 0.5) is 4.79 Å². The van der Waals surface area contributed by atoms with Gasteiger partial charge in [0.25, 0.3) is 10.0 Å². The van der Waals surface area contributed by atoms with E-state index in [0.717, 1.165) is 5.56 Å². The number of nitrogens with one attached hydrogen (secondary N) is 2. The van der Waals surface area contributed by atoms with Crippen molar-refractivity contribution in [3.05, 3.63) is 29.8 Å². The first kappa shape index (κ1) is 15.8. The van der Waals surface area contributed by atoms with Gasteiger partial charge in [0.2, 0.25) is 0 Å². The van der Waals surface area contributed by atoms with Gasteiger partial charge >= 0.3 is 6.03 Å².